The van der Waals surface area contributed by atoms with E-state index < -0.39 is 0 Å². The average Bonchev–Trinajstić information content (AvgIpc) is 3.33. The maximum Gasteiger partial charge on any atom is 0.239 e. The van der Waals surface area contributed by atoms with E-state index in [1.807, 2.05) is 79.0 Å². The zero-order chi connectivity index (χ0) is 24.6. The molecule has 1 unspecified atom stereocenters. The molecular formula is C27H24ClN3O2S2. The molecule has 5 nitrogen and oxygen atoms in total. The summed E-state index contributed by atoms with van der Waals surface area (Å²) in [6, 6.07) is 24.6. The Morgan fingerprint density at radius 1 is 1.00 bits per heavy atom. The second-order valence-electron chi connectivity index (χ2n) is 7.79. The molecule has 1 aromatic heterocycles. The second-order valence-corrected chi connectivity index (χ2v) is 10.4. The van der Waals surface area contributed by atoms with Gasteiger partial charge in [-0.3, -0.25) is 9.59 Å². The number of benzene rings is 3. The van der Waals surface area contributed by atoms with E-state index in [4.69, 9.17) is 11.6 Å². The molecule has 0 aliphatic heterocycles. The Morgan fingerprint density at radius 3 is 2.51 bits per heavy atom. The van der Waals surface area contributed by atoms with Gasteiger partial charge in [-0.05, 0) is 42.3 Å². The van der Waals surface area contributed by atoms with Gasteiger partial charge in [-0.2, -0.15) is 0 Å². The summed E-state index contributed by atoms with van der Waals surface area (Å²) in [6.45, 7) is 1.98. The summed E-state index contributed by atoms with van der Waals surface area (Å²) >= 11 is 8.78. The largest absolute Gasteiger partial charge is 0.326 e. The molecule has 0 aliphatic carbocycles. The number of thiazole rings is 1. The van der Waals surface area contributed by atoms with Crippen molar-refractivity contribution >= 4 is 57.3 Å². The van der Waals surface area contributed by atoms with E-state index in [0.717, 1.165) is 21.7 Å². The van der Waals surface area contributed by atoms with Crippen LogP contribution in [-0.4, -0.2) is 22.0 Å². The summed E-state index contributed by atoms with van der Waals surface area (Å²) in [4.78, 5) is 30.8. The second kappa shape index (κ2) is 12.0. The number of hydrogen-bond acceptors (Lipinski definition) is 5. The molecule has 0 aliphatic rings. The molecule has 4 aromatic rings. The maximum absolute atomic E-state index is 12.9. The number of carbonyl (C=O) groups is 2. The van der Waals surface area contributed by atoms with Gasteiger partial charge in [0, 0.05) is 26.5 Å². The number of nitrogens with zero attached hydrogens (tertiary/aromatic N) is 1. The zero-order valence-corrected chi connectivity index (χ0v) is 21.4. The lowest BCUT2D eigenvalue weighted by Crippen LogP contribution is -2.24. The van der Waals surface area contributed by atoms with Crippen LogP contribution in [-0.2, 0) is 16.0 Å². The van der Waals surface area contributed by atoms with Crippen LogP contribution >= 0.6 is 34.7 Å². The highest BCUT2D eigenvalue weighted by atomic mass is 35.5. The summed E-state index contributed by atoms with van der Waals surface area (Å²) in [6.07, 6.45) is 0.911. The summed E-state index contributed by atoms with van der Waals surface area (Å²) in [5.74, 6) is -0.208. The van der Waals surface area contributed by atoms with Gasteiger partial charge in [-0.1, -0.05) is 67.1 Å². The minimum atomic E-state index is -0.293. The zero-order valence-electron chi connectivity index (χ0n) is 19.0. The normalized spacial score (nSPS) is 11.6. The highest BCUT2D eigenvalue weighted by molar-refractivity contribution is 8.00. The van der Waals surface area contributed by atoms with E-state index in [1.165, 1.54) is 23.1 Å². The lowest BCUT2D eigenvalue weighted by Gasteiger charge is -2.14. The van der Waals surface area contributed by atoms with E-state index >= 15 is 0 Å². The molecule has 0 bridgehead atoms. The highest BCUT2D eigenvalue weighted by Gasteiger charge is 2.20. The van der Waals surface area contributed by atoms with Crippen LogP contribution in [0.15, 0.2) is 89.1 Å². The summed E-state index contributed by atoms with van der Waals surface area (Å²) in [7, 11) is 0. The predicted molar refractivity (Wildman–Crippen MR) is 146 cm³/mol. The third kappa shape index (κ3) is 7.18. The Bertz CT molecular complexity index is 1290. The quantitative estimate of drug-likeness (QED) is 0.229. The van der Waals surface area contributed by atoms with Gasteiger partial charge in [-0.15, -0.1) is 23.1 Å². The molecule has 1 heterocycles. The Morgan fingerprint density at radius 2 is 1.77 bits per heavy atom. The number of nitrogens with one attached hydrogen (secondary N) is 2. The molecule has 2 amide bonds. The van der Waals surface area contributed by atoms with Crippen molar-refractivity contribution in [3.63, 3.8) is 0 Å². The first-order valence-electron chi connectivity index (χ1n) is 11.1. The van der Waals surface area contributed by atoms with Gasteiger partial charge in [0.2, 0.25) is 11.8 Å². The van der Waals surface area contributed by atoms with Crippen molar-refractivity contribution in [3.05, 3.63) is 94.8 Å². The van der Waals surface area contributed by atoms with Crippen molar-refractivity contribution in [3.8, 4) is 11.3 Å². The molecule has 0 saturated heterocycles. The maximum atomic E-state index is 12.9. The lowest BCUT2D eigenvalue weighted by molar-refractivity contribution is -0.116. The molecule has 0 fully saturated rings. The number of hydrogen-bond donors (Lipinski definition) is 2. The summed E-state index contributed by atoms with van der Waals surface area (Å²) in [5.41, 5.74) is 3.43. The van der Waals surface area contributed by atoms with Crippen LogP contribution < -0.4 is 10.6 Å². The third-order valence-electron chi connectivity index (χ3n) is 5.14. The van der Waals surface area contributed by atoms with Crippen LogP contribution in [0.2, 0.25) is 5.02 Å². The molecule has 0 saturated carbocycles. The SMILES string of the molecule is CCC(Sc1cccc(NC(=O)Cc2ccc(Cl)cc2)c1)C(=O)Nc1nc(-c2ccccc2)cs1. The Balaban J connectivity index is 1.35. The van der Waals surface area contributed by atoms with Gasteiger partial charge < -0.3 is 10.6 Å². The van der Waals surface area contributed by atoms with E-state index in [2.05, 4.69) is 15.6 Å². The van der Waals surface area contributed by atoms with Gasteiger partial charge >= 0.3 is 0 Å². The van der Waals surface area contributed by atoms with E-state index in [1.54, 1.807) is 12.1 Å². The minimum absolute atomic E-state index is 0.0939. The molecular weight excluding hydrogens is 498 g/mol. The smallest absolute Gasteiger partial charge is 0.239 e. The number of aromatic nitrogens is 1. The lowest BCUT2D eigenvalue weighted by atomic mass is 10.1. The minimum Gasteiger partial charge on any atom is -0.326 e. The van der Waals surface area contributed by atoms with Crippen LogP contribution in [0.4, 0.5) is 10.8 Å². The van der Waals surface area contributed by atoms with Crippen LogP contribution in [0.1, 0.15) is 18.9 Å². The first kappa shape index (κ1) is 25.0. The molecule has 178 valence electrons. The first-order valence-corrected chi connectivity index (χ1v) is 13.3. The van der Waals surface area contributed by atoms with Crippen molar-refractivity contribution in [2.75, 3.05) is 10.6 Å². The number of anilines is 2. The van der Waals surface area contributed by atoms with Gasteiger partial charge in [0.05, 0.1) is 17.4 Å². The molecule has 8 heteroatoms. The fraction of sp³-hybridized carbons (Fsp3) is 0.148. The van der Waals surface area contributed by atoms with Gasteiger partial charge in [0.15, 0.2) is 5.13 Å². The van der Waals surface area contributed by atoms with Gasteiger partial charge in [-0.25, -0.2) is 4.98 Å². The average molecular weight is 522 g/mol. The van der Waals surface area contributed by atoms with E-state index in [-0.39, 0.29) is 23.5 Å². The molecule has 0 spiro atoms. The Labute approximate surface area is 218 Å². The predicted octanol–water partition coefficient (Wildman–Crippen LogP) is 7.15. The number of rotatable bonds is 9. The van der Waals surface area contributed by atoms with Gasteiger partial charge in [0.1, 0.15) is 0 Å². The molecule has 1 atom stereocenters. The van der Waals surface area contributed by atoms with Crippen molar-refractivity contribution in [2.24, 2.45) is 0 Å². The Kier molecular flexibility index (Phi) is 8.58. The number of halogens is 1. The van der Waals surface area contributed by atoms with Crippen molar-refractivity contribution in [1.29, 1.82) is 0 Å². The molecule has 2 N–H and O–H groups in total. The first-order chi connectivity index (χ1) is 17.0. The van der Waals surface area contributed by atoms with Gasteiger partial charge in [0.25, 0.3) is 0 Å². The van der Waals surface area contributed by atoms with Crippen molar-refractivity contribution < 1.29 is 9.59 Å². The van der Waals surface area contributed by atoms with Crippen molar-refractivity contribution in [2.45, 2.75) is 29.9 Å². The fourth-order valence-corrected chi connectivity index (χ4v) is 5.25. The molecule has 4 rings (SSSR count). The fourth-order valence-electron chi connectivity index (χ4n) is 3.39. The van der Waals surface area contributed by atoms with Crippen LogP contribution in [0.25, 0.3) is 11.3 Å². The number of thioether (sulfide) groups is 1. The van der Waals surface area contributed by atoms with Crippen molar-refractivity contribution in [1.82, 2.24) is 4.98 Å². The molecule has 3 aromatic carbocycles. The highest BCUT2D eigenvalue weighted by Crippen LogP contribution is 2.30. The van der Waals surface area contributed by atoms with Crippen LogP contribution in [0.5, 0.6) is 0 Å². The molecule has 35 heavy (non-hydrogen) atoms. The van der Waals surface area contributed by atoms with E-state index in [0.29, 0.717) is 22.3 Å². The molecule has 0 radical (unpaired) electrons. The summed E-state index contributed by atoms with van der Waals surface area (Å²) < 4.78 is 0. The van der Waals surface area contributed by atoms with Crippen LogP contribution in [0, 0.1) is 0 Å². The topological polar surface area (TPSA) is 71.1 Å². The number of carbonyl (C=O) groups excluding carboxylic acids is 2. The standard InChI is InChI=1S/C27H24ClN3O2S2/c1-2-24(26(33)31-27-30-23(17-34-27)19-7-4-3-5-8-19)35-22-10-6-9-21(16-22)29-25(32)15-18-11-13-20(28)14-12-18/h3-14,16-17,24H,2,15H2,1H3,(H,29,32)(H,30,31,33). The third-order valence-corrected chi connectivity index (χ3v) is 7.51. The summed E-state index contributed by atoms with van der Waals surface area (Å²) in [5, 5.41) is 8.75. The monoisotopic (exact) mass is 521 g/mol. The Hall–Kier alpha value is -3.13. The van der Waals surface area contributed by atoms with E-state index in [9.17, 15) is 9.59 Å². The van der Waals surface area contributed by atoms with Crippen LogP contribution in [0.3, 0.4) is 0 Å². The number of amides is 2.